The maximum atomic E-state index is 11.9. The van der Waals surface area contributed by atoms with Crippen molar-refractivity contribution < 1.29 is 9.72 Å². The van der Waals surface area contributed by atoms with Gasteiger partial charge < -0.3 is 22.1 Å². The van der Waals surface area contributed by atoms with Crippen molar-refractivity contribution in [3.63, 3.8) is 0 Å². The maximum Gasteiger partial charge on any atom is 0.269 e. The number of non-ortho nitro benzene ring substituents is 1. The highest BCUT2D eigenvalue weighted by Gasteiger charge is 2.08. The van der Waals surface area contributed by atoms with Gasteiger partial charge in [-0.25, -0.2) is 0 Å². The lowest BCUT2D eigenvalue weighted by Gasteiger charge is -2.06. The number of carbonyl (C=O) groups is 1. The highest BCUT2D eigenvalue weighted by Crippen LogP contribution is 2.11. The van der Waals surface area contributed by atoms with Crippen LogP contribution >= 0.6 is 0 Å². The van der Waals surface area contributed by atoms with Gasteiger partial charge in [0.25, 0.3) is 11.6 Å². The first kappa shape index (κ1) is 20.4. The van der Waals surface area contributed by atoms with Gasteiger partial charge in [0.1, 0.15) is 0 Å². The fourth-order valence-corrected chi connectivity index (χ4v) is 2.11. The minimum Gasteiger partial charge on any atom is -0.370 e. The standard InChI is InChI=1S/C16H26N6O3/c17-16(18)21-12-4-2-10-19-9-1-3-11-20-15(23)13-5-7-14(8-6-13)22(24)25/h5-8,19H,1-4,9-12H2,(H,20,23)(H4,17,18,21). The Morgan fingerprint density at radius 1 is 1.04 bits per heavy atom. The van der Waals surface area contributed by atoms with Crippen LogP contribution in [0.1, 0.15) is 36.0 Å². The number of hydrogen-bond acceptors (Lipinski definition) is 5. The van der Waals surface area contributed by atoms with Crippen molar-refractivity contribution in [1.29, 1.82) is 0 Å². The van der Waals surface area contributed by atoms with E-state index in [-0.39, 0.29) is 17.6 Å². The van der Waals surface area contributed by atoms with Gasteiger partial charge >= 0.3 is 0 Å². The van der Waals surface area contributed by atoms with Gasteiger partial charge in [0.2, 0.25) is 0 Å². The zero-order chi connectivity index (χ0) is 18.5. The normalized spacial score (nSPS) is 10.2. The topological polar surface area (TPSA) is 149 Å². The van der Waals surface area contributed by atoms with Gasteiger partial charge in [-0.3, -0.25) is 19.9 Å². The number of unbranched alkanes of at least 4 members (excludes halogenated alkanes) is 2. The molecule has 0 aromatic heterocycles. The van der Waals surface area contributed by atoms with Crippen molar-refractivity contribution in [2.75, 3.05) is 26.2 Å². The zero-order valence-electron chi connectivity index (χ0n) is 14.2. The fourth-order valence-electron chi connectivity index (χ4n) is 2.11. The van der Waals surface area contributed by atoms with Gasteiger partial charge in [-0.15, -0.1) is 0 Å². The Kier molecular flexibility index (Phi) is 9.61. The van der Waals surface area contributed by atoms with Crippen LogP contribution in [0.3, 0.4) is 0 Å². The largest absolute Gasteiger partial charge is 0.370 e. The highest BCUT2D eigenvalue weighted by molar-refractivity contribution is 5.94. The van der Waals surface area contributed by atoms with Crippen LogP contribution in [-0.4, -0.2) is 43.0 Å². The van der Waals surface area contributed by atoms with Crippen molar-refractivity contribution in [1.82, 2.24) is 10.6 Å². The average molecular weight is 350 g/mol. The summed E-state index contributed by atoms with van der Waals surface area (Å²) >= 11 is 0. The summed E-state index contributed by atoms with van der Waals surface area (Å²) < 4.78 is 0. The molecule has 0 aliphatic heterocycles. The van der Waals surface area contributed by atoms with Crippen molar-refractivity contribution in [2.24, 2.45) is 16.5 Å². The van der Waals surface area contributed by atoms with E-state index in [1.807, 2.05) is 0 Å². The number of nitrogens with zero attached hydrogens (tertiary/aromatic N) is 2. The third kappa shape index (κ3) is 9.26. The molecular weight excluding hydrogens is 324 g/mol. The summed E-state index contributed by atoms with van der Waals surface area (Å²) in [6.45, 7) is 3.02. The Bertz CT molecular complexity index is 570. The summed E-state index contributed by atoms with van der Waals surface area (Å²) in [5.74, 6) is -0.0914. The highest BCUT2D eigenvalue weighted by atomic mass is 16.6. The van der Waals surface area contributed by atoms with E-state index in [0.29, 0.717) is 18.7 Å². The predicted molar refractivity (Wildman–Crippen MR) is 97.4 cm³/mol. The van der Waals surface area contributed by atoms with Crippen LogP contribution in [0.2, 0.25) is 0 Å². The molecule has 0 saturated heterocycles. The van der Waals surface area contributed by atoms with Crippen LogP contribution in [0.4, 0.5) is 5.69 Å². The Morgan fingerprint density at radius 2 is 1.64 bits per heavy atom. The molecule has 6 N–H and O–H groups in total. The van der Waals surface area contributed by atoms with Crippen molar-refractivity contribution in [3.05, 3.63) is 39.9 Å². The molecule has 9 nitrogen and oxygen atoms in total. The van der Waals surface area contributed by atoms with Gasteiger partial charge in [0.15, 0.2) is 5.96 Å². The Hall–Kier alpha value is -2.68. The summed E-state index contributed by atoms with van der Waals surface area (Å²) in [7, 11) is 0. The minimum absolute atomic E-state index is 0.0269. The number of rotatable bonds is 12. The molecule has 0 heterocycles. The van der Waals surface area contributed by atoms with E-state index in [1.165, 1.54) is 24.3 Å². The zero-order valence-corrected chi connectivity index (χ0v) is 14.2. The Balaban J connectivity index is 2.03. The SMILES string of the molecule is NC(N)=NCCCCNCCCCNC(=O)c1ccc([N+](=O)[O-])cc1. The quantitative estimate of drug-likeness (QED) is 0.144. The number of hydrogen-bond donors (Lipinski definition) is 4. The summed E-state index contributed by atoms with van der Waals surface area (Å²) in [5, 5.41) is 16.7. The molecule has 1 amide bonds. The molecule has 25 heavy (non-hydrogen) atoms. The first-order valence-corrected chi connectivity index (χ1v) is 8.29. The van der Waals surface area contributed by atoms with E-state index >= 15 is 0 Å². The summed E-state index contributed by atoms with van der Waals surface area (Å²) in [4.78, 5) is 25.9. The number of carbonyl (C=O) groups excluding carboxylic acids is 1. The van der Waals surface area contributed by atoms with Gasteiger partial charge in [-0.2, -0.15) is 0 Å². The Morgan fingerprint density at radius 3 is 2.24 bits per heavy atom. The monoisotopic (exact) mass is 350 g/mol. The third-order valence-corrected chi connectivity index (χ3v) is 3.46. The molecule has 1 aromatic carbocycles. The summed E-state index contributed by atoms with van der Waals surface area (Å²) in [6.07, 6.45) is 3.76. The van der Waals surface area contributed by atoms with Gasteiger partial charge in [0, 0.05) is 30.8 Å². The fraction of sp³-hybridized carbons (Fsp3) is 0.500. The van der Waals surface area contributed by atoms with E-state index in [0.717, 1.165) is 38.8 Å². The summed E-state index contributed by atoms with van der Waals surface area (Å²) in [6, 6.07) is 5.56. The third-order valence-electron chi connectivity index (χ3n) is 3.46. The number of amides is 1. The summed E-state index contributed by atoms with van der Waals surface area (Å²) in [5.41, 5.74) is 10.9. The number of benzene rings is 1. The lowest BCUT2D eigenvalue weighted by molar-refractivity contribution is -0.384. The second kappa shape index (κ2) is 11.8. The van der Waals surface area contributed by atoms with Gasteiger partial charge in [0.05, 0.1) is 4.92 Å². The van der Waals surface area contributed by atoms with Crippen molar-refractivity contribution in [2.45, 2.75) is 25.7 Å². The molecule has 0 fully saturated rings. The molecule has 0 spiro atoms. The molecule has 138 valence electrons. The first-order chi connectivity index (χ1) is 12.0. The number of aliphatic imine (C=N–C) groups is 1. The van der Waals surface area contributed by atoms with Gasteiger partial charge in [-0.05, 0) is 50.9 Å². The molecule has 0 radical (unpaired) electrons. The predicted octanol–water partition coefficient (Wildman–Crippen LogP) is 0.748. The number of nitrogens with one attached hydrogen (secondary N) is 2. The molecule has 0 aliphatic rings. The molecule has 1 rings (SSSR count). The molecular formula is C16H26N6O3. The van der Waals surface area contributed by atoms with Crippen LogP contribution in [0.5, 0.6) is 0 Å². The smallest absolute Gasteiger partial charge is 0.269 e. The molecule has 0 bridgehead atoms. The van der Waals surface area contributed by atoms with E-state index in [4.69, 9.17) is 11.5 Å². The van der Waals surface area contributed by atoms with Gasteiger partial charge in [-0.1, -0.05) is 0 Å². The molecule has 0 aliphatic carbocycles. The molecule has 0 unspecified atom stereocenters. The number of nitro benzene ring substituents is 1. The first-order valence-electron chi connectivity index (χ1n) is 8.29. The van der Waals surface area contributed by atoms with Crippen LogP contribution < -0.4 is 22.1 Å². The van der Waals surface area contributed by atoms with E-state index in [2.05, 4.69) is 15.6 Å². The van der Waals surface area contributed by atoms with Crippen LogP contribution in [0.15, 0.2) is 29.3 Å². The number of nitro groups is 1. The van der Waals surface area contributed by atoms with Crippen LogP contribution in [-0.2, 0) is 0 Å². The van der Waals surface area contributed by atoms with E-state index in [1.54, 1.807) is 0 Å². The Labute approximate surface area is 147 Å². The number of guanidine groups is 1. The molecule has 9 heteroatoms. The molecule has 0 atom stereocenters. The second-order valence-electron chi connectivity index (χ2n) is 5.53. The minimum atomic E-state index is -0.491. The van der Waals surface area contributed by atoms with Crippen molar-refractivity contribution in [3.8, 4) is 0 Å². The van der Waals surface area contributed by atoms with E-state index < -0.39 is 4.92 Å². The number of nitrogens with two attached hydrogens (primary N) is 2. The average Bonchev–Trinajstić information content (AvgIpc) is 2.59. The maximum absolute atomic E-state index is 11.9. The lowest BCUT2D eigenvalue weighted by Crippen LogP contribution is -2.25. The van der Waals surface area contributed by atoms with Crippen LogP contribution in [0.25, 0.3) is 0 Å². The molecule has 1 aromatic rings. The van der Waals surface area contributed by atoms with Crippen LogP contribution in [0, 0.1) is 10.1 Å². The lowest BCUT2D eigenvalue weighted by atomic mass is 10.2. The molecule has 0 saturated carbocycles. The van der Waals surface area contributed by atoms with Crippen molar-refractivity contribution >= 4 is 17.6 Å². The van der Waals surface area contributed by atoms with E-state index in [9.17, 15) is 14.9 Å². The second-order valence-corrected chi connectivity index (χ2v) is 5.53.